The number of carbonyl (C=O) groups excluding carboxylic acids is 2. The number of hydrogen-bond donors (Lipinski definition) is 4. The first-order valence-electron chi connectivity index (χ1n) is 11.3. The first-order chi connectivity index (χ1) is 17.1. The van der Waals surface area contributed by atoms with Gasteiger partial charge in [0, 0.05) is 19.3 Å². The van der Waals surface area contributed by atoms with Gasteiger partial charge in [-0.15, -0.1) is 0 Å². The second kappa shape index (κ2) is 11.5. The number of methoxy groups -OCH3 is 1. The van der Waals surface area contributed by atoms with Crippen LogP contribution in [-0.2, 0) is 33.6 Å². The molecule has 0 bridgehead atoms. The molecule has 3 aromatic carbocycles. The highest BCUT2D eigenvalue weighted by atomic mass is 79.9. The van der Waals surface area contributed by atoms with Crippen LogP contribution >= 0.6 is 15.9 Å². The standard InChI is InChI=1S/C28H29BrO7/c1-36-24(31)23(30)26(33,17-20-11-5-2-6-12-20)28(35,19-22-15-9-4-10-16-22)27(34,25(29)32)18-21-13-7-3-8-14-21/h2-16,23,30,33-35H,17-19H2,1H3. The van der Waals surface area contributed by atoms with Crippen molar-refractivity contribution in [3.05, 3.63) is 108 Å². The normalized spacial score (nSPS) is 17.2. The maximum absolute atomic E-state index is 13.1. The van der Waals surface area contributed by atoms with Gasteiger partial charge in [-0.2, -0.15) is 0 Å². The molecule has 36 heavy (non-hydrogen) atoms. The Labute approximate surface area is 218 Å². The molecule has 0 aromatic heterocycles. The van der Waals surface area contributed by atoms with Crippen molar-refractivity contribution < 1.29 is 34.8 Å². The molecule has 0 fully saturated rings. The molecule has 0 saturated heterocycles. The molecule has 4 atom stereocenters. The Hall–Kier alpha value is -2.88. The van der Waals surface area contributed by atoms with Crippen LogP contribution < -0.4 is 0 Å². The molecule has 0 aliphatic rings. The summed E-state index contributed by atoms with van der Waals surface area (Å²) in [7, 11) is 1.02. The van der Waals surface area contributed by atoms with E-state index in [1.54, 1.807) is 91.0 Å². The summed E-state index contributed by atoms with van der Waals surface area (Å²) in [5.74, 6) is -1.23. The van der Waals surface area contributed by atoms with Crippen LogP contribution in [0, 0.1) is 0 Å². The van der Waals surface area contributed by atoms with E-state index < -0.39 is 52.8 Å². The molecule has 0 spiro atoms. The van der Waals surface area contributed by atoms with E-state index in [1.165, 1.54) is 0 Å². The maximum atomic E-state index is 13.1. The number of aliphatic hydroxyl groups excluding tert-OH is 1. The number of ether oxygens (including phenoxy) is 1. The zero-order chi connectivity index (χ0) is 26.4. The highest BCUT2D eigenvalue weighted by Crippen LogP contribution is 2.44. The molecule has 0 saturated carbocycles. The third-order valence-electron chi connectivity index (χ3n) is 6.52. The minimum atomic E-state index is -2.79. The lowest BCUT2D eigenvalue weighted by Gasteiger charge is -2.52. The first-order valence-corrected chi connectivity index (χ1v) is 12.1. The van der Waals surface area contributed by atoms with Crippen molar-refractivity contribution >= 4 is 26.6 Å². The van der Waals surface area contributed by atoms with Gasteiger partial charge in [0.25, 0.3) is 0 Å². The van der Waals surface area contributed by atoms with Gasteiger partial charge in [0.05, 0.1) is 7.11 Å². The maximum Gasteiger partial charge on any atom is 0.337 e. The van der Waals surface area contributed by atoms with E-state index in [0.29, 0.717) is 16.7 Å². The van der Waals surface area contributed by atoms with Gasteiger partial charge in [-0.25, -0.2) is 4.79 Å². The predicted molar refractivity (Wildman–Crippen MR) is 137 cm³/mol. The fourth-order valence-electron chi connectivity index (χ4n) is 4.50. The number of esters is 1. The Balaban J connectivity index is 2.29. The summed E-state index contributed by atoms with van der Waals surface area (Å²) in [5.41, 5.74) is -6.88. The van der Waals surface area contributed by atoms with Crippen molar-refractivity contribution in [1.29, 1.82) is 0 Å². The number of rotatable bonds is 11. The fourth-order valence-corrected chi connectivity index (χ4v) is 4.97. The number of carbonyl (C=O) groups is 2. The van der Waals surface area contributed by atoms with E-state index >= 15 is 0 Å². The van der Waals surface area contributed by atoms with Gasteiger partial charge in [0.15, 0.2) is 11.7 Å². The molecule has 0 aliphatic heterocycles. The molecule has 0 amide bonds. The SMILES string of the molecule is COC(=O)C(O)C(O)(Cc1ccccc1)C(O)(Cc1ccccc1)C(O)(Cc1ccccc1)C(=O)Br. The van der Waals surface area contributed by atoms with E-state index in [4.69, 9.17) is 4.74 Å². The van der Waals surface area contributed by atoms with Gasteiger partial charge >= 0.3 is 5.97 Å². The summed E-state index contributed by atoms with van der Waals surface area (Å²) in [6.07, 6.45) is -3.70. The van der Waals surface area contributed by atoms with Crippen LogP contribution in [-0.4, -0.2) is 61.1 Å². The van der Waals surface area contributed by atoms with Crippen LogP contribution in [0.4, 0.5) is 0 Å². The van der Waals surface area contributed by atoms with Crippen molar-refractivity contribution in [3.8, 4) is 0 Å². The summed E-state index contributed by atoms with van der Waals surface area (Å²) in [6, 6.07) is 25.2. The summed E-state index contributed by atoms with van der Waals surface area (Å²) >= 11 is 2.83. The molecular weight excluding hydrogens is 528 g/mol. The zero-order valence-electron chi connectivity index (χ0n) is 19.8. The largest absolute Gasteiger partial charge is 0.467 e. The minimum absolute atomic E-state index is 0.424. The molecule has 0 heterocycles. The molecule has 0 aliphatic carbocycles. The summed E-state index contributed by atoms with van der Waals surface area (Å²) < 4.78 is 3.67. The van der Waals surface area contributed by atoms with Crippen LogP contribution in [0.25, 0.3) is 0 Å². The predicted octanol–water partition coefficient (Wildman–Crippen LogP) is 2.36. The topological polar surface area (TPSA) is 124 Å². The molecule has 3 aromatic rings. The Morgan fingerprint density at radius 2 is 1.14 bits per heavy atom. The quantitative estimate of drug-likeness (QED) is 0.211. The first kappa shape index (κ1) is 27.7. The van der Waals surface area contributed by atoms with E-state index in [0.717, 1.165) is 7.11 Å². The van der Waals surface area contributed by atoms with Crippen molar-refractivity contribution in [3.63, 3.8) is 0 Å². The van der Waals surface area contributed by atoms with E-state index in [2.05, 4.69) is 15.9 Å². The van der Waals surface area contributed by atoms with Crippen molar-refractivity contribution in [2.75, 3.05) is 7.11 Å². The van der Waals surface area contributed by atoms with Crippen molar-refractivity contribution in [2.45, 2.75) is 42.2 Å². The number of halogens is 1. The molecule has 8 heteroatoms. The Kier molecular flexibility index (Phi) is 8.81. The molecule has 4 unspecified atom stereocenters. The van der Waals surface area contributed by atoms with Gasteiger partial charge < -0.3 is 25.2 Å². The molecule has 7 nitrogen and oxygen atoms in total. The molecule has 190 valence electrons. The Morgan fingerprint density at radius 1 is 0.750 bits per heavy atom. The molecule has 0 radical (unpaired) electrons. The van der Waals surface area contributed by atoms with Gasteiger partial charge in [-0.05, 0) is 32.6 Å². The Morgan fingerprint density at radius 3 is 1.53 bits per heavy atom. The third-order valence-corrected chi connectivity index (χ3v) is 7.18. The van der Waals surface area contributed by atoms with E-state index in [-0.39, 0.29) is 0 Å². The van der Waals surface area contributed by atoms with E-state index in [9.17, 15) is 30.0 Å². The van der Waals surface area contributed by atoms with E-state index in [1.807, 2.05) is 0 Å². The lowest BCUT2D eigenvalue weighted by Crippen LogP contribution is -2.76. The van der Waals surface area contributed by atoms with Crippen LogP contribution in [0.3, 0.4) is 0 Å². The average Bonchev–Trinajstić information content (AvgIpc) is 2.89. The van der Waals surface area contributed by atoms with Gasteiger partial charge in [-0.1, -0.05) is 91.0 Å². The van der Waals surface area contributed by atoms with Crippen molar-refractivity contribution in [2.24, 2.45) is 0 Å². The second-order valence-electron chi connectivity index (χ2n) is 8.83. The second-order valence-corrected chi connectivity index (χ2v) is 9.55. The smallest absolute Gasteiger partial charge is 0.337 e. The van der Waals surface area contributed by atoms with Crippen LogP contribution in [0.15, 0.2) is 91.0 Å². The number of aliphatic hydroxyl groups is 4. The molecular formula is C28H29BrO7. The summed E-state index contributed by atoms with van der Waals surface area (Å²) in [4.78, 5) is 25.6. The van der Waals surface area contributed by atoms with Crippen molar-refractivity contribution in [1.82, 2.24) is 0 Å². The third kappa shape index (κ3) is 5.43. The minimum Gasteiger partial charge on any atom is -0.467 e. The van der Waals surface area contributed by atoms with Gasteiger partial charge in [-0.3, -0.25) is 4.79 Å². The fraction of sp³-hybridized carbons (Fsp3) is 0.286. The van der Waals surface area contributed by atoms with Gasteiger partial charge in [0.1, 0.15) is 11.2 Å². The lowest BCUT2D eigenvalue weighted by molar-refractivity contribution is -0.264. The monoisotopic (exact) mass is 556 g/mol. The summed E-state index contributed by atoms with van der Waals surface area (Å²) in [5, 5.41) is 47.6. The lowest BCUT2D eigenvalue weighted by atomic mass is 9.62. The molecule has 4 N–H and O–H groups in total. The van der Waals surface area contributed by atoms with Crippen LogP contribution in [0.2, 0.25) is 0 Å². The average molecular weight is 557 g/mol. The summed E-state index contributed by atoms with van der Waals surface area (Å²) in [6.45, 7) is 0. The number of benzene rings is 3. The Bertz CT molecular complexity index is 1160. The zero-order valence-corrected chi connectivity index (χ0v) is 21.3. The number of hydrogen-bond acceptors (Lipinski definition) is 7. The van der Waals surface area contributed by atoms with Gasteiger partial charge in [0.2, 0.25) is 4.69 Å². The van der Waals surface area contributed by atoms with Crippen LogP contribution in [0.5, 0.6) is 0 Å². The van der Waals surface area contributed by atoms with Crippen LogP contribution in [0.1, 0.15) is 16.7 Å². The molecule has 3 rings (SSSR count). The highest BCUT2D eigenvalue weighted by molar-refractivity contribution is 9.18. The highest BCUT2D eigenvalue weighted by Gasteiger charge is 2.68.